The zero-order valence-electron chi connectivity index (χ0n) is 18.0. The molecule has 7 nitrogen and oxygen atoms in total. The first-order valence-corrected chi connectivity index (χ1v) is 10.7. The van der Waals surface area contributed by atoms with Crippen molar-refractivity contribution < 1.29 is 14.4 Å². The van der Waals surface area contributed by atoms with E-state index in [9.17, 15) is 14.4 Å². The van der Waals surface area contributed by atoms with Crippen LogP contribution in [0.5, 0.6) is 0 Å². The fourth-order valence-electron chi connectivity index (χ4n) is 3.15. The summed E-state index contributed by atoms with van der Waals surface area (Å²) >= 11 is 3.39. The number of aryl methyl sites for hydroxylation is 2. The molecular formula is C24H23BrN4O3. The standard InChI is InChI=1S/C24H23BrN4O3/c1-15-5-4-6-19(22(15)28-23(31)17-9-11-26-12-10-17)24(32)29(3)14-21(30)27-20-8-7-18(25)13-16(20)2/h4-13H,14H2,1-3H3,(H,27,30)(H,28,31). The van der Waals surface area contributed by atoms with Crippen LogP contribution in [-0.4, -0.2) is 41.2 Å². The van der Waals surface area contributed by atoms with Crippen molar-refractivity contribution in [3.63, 3.8) is 0 Å². The summed E-state index contributed by atoms with van der Waals surface area (Å²) in [5.74, 6) is -1.04. The molecule has 3 aromatic rings. The van der Waals surface area contributed by atoms with Gasteiger partial charge in [0.15, 0.2) is 0 Å². The number of carbonyl (C=O) groups excluding carboxylic acids is 3. The lowest BCUT2D eigenvalue weighted by Gasteiger charge is -2.20. The number of para-hydroxylation sites is 1. The Morgan fingerprint density at radius 2 is 1.69 bits per heavy atom. The van der Waals surface area contributed by atoms with E-state index in [2.05, 4.69) is 31.5 Å². The van der Waals surface area contributed by atoms with Gasteiger partial charge in [0.2, 0.25) is 5.91 Å². The normalized spacial score (nSPS) is 10.4. The molecule has 2 aromatic carbocycles. The van der Waals surface area contributed by atoms with Gasteiger partial charge in [-0.05, 0) is 61.4 Å². The summed E-state index contributed by atoms with van der Waals surface area (Å²) in [7, 11) is 1.55. The molecule has 3 amide bonds. The van der Waals surface area contributed by atoms with E-state index in [1.165, 1.54) is 17.3 Å². The summed E-state index contributed by atoms with van der Waals surface area (Å²) in [6, 6.07) is 13.9. The molecule has 0 aliphatic heterocycles. The maximum absolute atomic E-state index is 13.1. The van der Waals surface area contributed by atoms with Crippen molar-refractivity contribution in [1.82, 2.24) is 9.88 Å². The highest BCUT2D eigenvalue weighted by atomic mass is 79.9. The lowest BCUT2D eigenvalue weighted by Crippen LogP contribution is -2.35. The van der Waals surface area contributed by atoms with Crippen molar-refractivity contribution in [3.05, 3.63) is 87.7 Å². The molecule has 1 aromatic heterocycles. The molecule has 0 aliphatic carbocycles. The largest absolute Gasteiger partial charge is 0.332 e. The summed E-state index contributed by atoms with van der Waals surface area (Å²) in [6.07, 6.45) is 3.05. The maximum Gasteiger partial charge on any atom is 0.256 e. The van der Waals surface area contributed by atoms with E-state index in [-0.39, 0.29) is 24.3 Å². The van der Waals surface area contributed by atoms with Crippen LogP contribution < -0.4 is 10.6 Å². The Bertz CT molecular complexity index is 1170. The van der Waals surface area contributed by atoms with Crippen LogP contribution in [-0.2, 0) is 4.79 Å². The summed E-state index contributed by atoms with van der Waals surface area (Å²) in [5.41, 5.74) is 3.47. The van der Waals surface area contributed by atoms with Gasteiger partial charge in [-0.15, -0.1) is 0 Å². The highest BCUT2D eigenvalue weighted by Gasteiger charge is 2.21. The van der Waals surface area contributed by atoms with Crippen LogP contribution in [0.25, 0.3) is 0 Å². The van der Waals surface area contributed by atoms with Crippen molar-refractivity contribution in [1.29, 1.82) is 0 Å². The summed E-state index contributed by atoms with van der Waals surface area (Å²) in [5, 5.41) is 5.64. The van der Waals surface area contributed by atoms with Gasteiger partial charge in [-0.25, -0.2) is 0 Å². The van der Waals surface area contributed by atoms with Gasteiger partial charge in [-0.2, -0.15) is 0 Å². The molecule has 3 rings (SSSR count). The van der Waals surface area contributed by atoms with Gasteiger partial charge in [-0.1, -0.05) is 28.1 Å². The second kappa shape index (κ2) is 10.2. The monoisotopic (exact) mass is 494 g/mol. The van der Waals surface area contributed by atoms with Gasteiger partial charge >= 0.3 is 0 Å². The third kappa shape index (κ3) is 5.59. The minimum atomic E-state index is -0.374. The molecule has 0 radical (unpaired) electrons. The molecule has 32 heavy (non-hydrogen) atoms. The van der Waals surface area contributed by atoms with E-state index in [4.69, 9.17) is 0 Å². The van der Waals surface area contributed by atoms with Gasteiger partial charge in [0.1, 0.15) is 0 Å². The number of likely N-dealkylation sites (N-methyl/N-ethyl adjacent to an activating group) is 1. The number of rotatable bonds is 6. The number of nitrogens with zero attached hydrogens (tertiary/aromatic N) is 2. The van der Waals surface area contributed by atoms with Crippen LogP contribution in [0, 0.1) is 13.8 Å². The minimum absolute atomic E-state index is 0.139. The second-order valence-corrected chi connectivity index (χ2v) is 8.27. The smallest absolute Gasteiger partial charge is 0.256 e. The Morgan fingerprint density at radius 1 is 0.969 bits per heavy atom. The molecule has 164 valence electrons. The molecule has 1 heterocycles. The second-order valence-electron chi connectivity index (χ2n) is 7.36. The molecule has 0 saturated carbocycles. The molecule has 0 bridgehead atoms. The van der Waals surface area contributed by atoms with E-state index in [0.29, 0.717) is 22.5 Å². The molecule has 0 saturated heterocycles. The summed E-state index contributed by atoms with van der Waals surface area (Å²) in [4.78, 5) is 43.5. The van der Waals surface area contributed by atoms with E-state index in [1.807, 2.05) is 32.0 Å². The molecule has 8 heteroatoms. The Hall–Kier alpha value is -3.52. The molecule has 2 N–H and O–H groups in total. The van der Waals surface area contributed by atoms with Crippen molar-refractivity contribution in [2.24, 2.45) is 0 Å². The van der Waals surface area contributed by atoms with Gasteiger partial charge in [-0.3, -0.25) is 19.4 Å². The highest BCUT2D eigenvalue weighted by Crippen LogP contribution is 2.23. The molecular weight excluding hydrogens is 472 g/mol. The number of benzene rings is 2. The Labute approximate surface area is 195 Å². The first-order valence-electron chi connectivity index (χ1n) is 9.88. The number of nitrogens with one attached hydrogen (secondary N) is 2. The number of halogens is 1. The average Bonchev–Trinajstić information content (AvgIpc) is 2.77. The fraction of sp³-hybridized carbons (Fsp3) is 0.167. The number of carbonyl (C=O) groups is 3. The van der Waals surface area contributed by atoms with Crippen LogP contribution in [0.2, 0.25) is 0 Å². The number of amides is 3. The number of hydrogen-bond acceptors (Lipinski definition) is 4. The van der Waals surface area contributed by atoms with Crippen molar-refractivity contribution in [2.75, 3.05) is 24.2 Å². The van der Waals surface area contributed by atoms with Gasteiger partial charge in [0.05, 0.1) is 17.8 Å². The van der Waals surface area contributed by atoms with Crippen LogP contribution >= 0.6 is 15.9 Å². The Morgan fingerprint density at radius 3 is 2.38 bits per heavy atom. The fourth-order valence-corrected chi connectivity index (χ4v) is 3.63. The van der Waals surface area contributed by atoms with Gasteiger partial charge in [0, 0.05) is 35.2 Å². The van der Waals surface area contributed by atoms with E-state index in [1.54, 1.807) is 37.4 Å². The Balaban J connectivity index is 1.74. The van der Waals surface area contributed by atoms with Gasteiger partial charge < -0.3 is 15.5 Å². The summed E-state index contributed by atoms with van der Waals surface area (Å²) < 4.78 is 0.918. The average molecular weight is 495 g/mol. The minimum Gasteiger partial charge on any atom is -0.332 e. The number of hydrogen-bond donors (Lipinski definition) is 2. The Kier molecular flexibility index (Phi) is 7.37. The number of aromatic nitrogens is 1. The topological polar surface area (TPSA) is 91.4 Å². The predicted molar refractivity (Wildman–Crippen MR) is 128 cm³/mol. The highest BCUT2D eigenvalue weighted by molar-refractivity contribution is 9.10. The van der Waals surface area contributed by atoms with Crippen molar-refractivity contribution >= 4 is 45.0 Å². The summed E-state index contributed by atoms with van der Waals surface area (Å²) in [6.45, 7) is 3.56. The predicted octanol–water partition coefficient (Wildman–Crippen LogP) is 4.42. The van der Waals surface area contributed by atoms with Crippen molar-refractivity contribution in [2.45, 2.75) is 13.8 Å². The van der Waals surface area contributed by atoms with Crippen molar-refractivity contribution in [3.8, 4) is 0 Å². The van der Waals surface area contributed by atoms with Crippen LogP contribution in [0.4, 0.5) is 11.4 Å². The molecule has 0 aliphatic rings. The quantitative estimate of drug-likeness (QED) is 0.530. The van der Waals surface area contributed by atoms with E-state index >= 15 is 0 Å². The number of pyridine rings is 1. The first kappa shape index (κ1) is 23.1. The van der Waals surface area contributed by atoms with E-state index in [0.717, 1.165) is 15.6 Å². The SMILES string of the molecule is Cc1cc(Br)ccc1NC(=O)CN(C)C(=O)c1cccc(C)c1NC(=O)c1ccncc1. The van der Waals surface area contributed by atoms with Gasteiger partial charge in [0.25, 0.3) is 11.8 Å². The molecule has 0 spiro atoms. The third-order valence-electron chi connectivity index (χ3n) is 4.87. The zero-order chi connectivity index (χ0) is 23.3. The number of anilines is 2. The zero-order valence-corrected chi connectivity index (χ0v) is 19.6. The molecule has 0 unspecified atom stereocenters. The lowest BCUT2D eigenvalue weighted by molar-refractivity contribution is -0.116. The first-order chi connectivity index (χ1) is 15.3. The maximum atomic E-state index is 13.1. The van der Waals surface area contributed by atoms with E-state index < -0.39 is 0 Å². The lowest BCUT2D eigenvalue weighted by atomic mass is 10.1. The third-order valence-corrected chi connectivity index (χ3v) is 5.37. The molecule has 0 fully saturated rings. The molecule has 0 atom stereocenters. The van der Waals surface area contributed by atoms with Crippen LogP contribution in [0.15, 0.2) is 65.4 Å². The van der Waals surface area contributed by atoms with Crippen LogP contribution in [0.3, 0.4) is 0 Å². The van der Waals surface area contributed by atoms with Crippen LogP contribution in [0.1, 0.15) is 31.8 Å².